The van der Waals surface area contributed by atoms with Gasteiger partial charge in [-0.15, -0.1) is 0 Å². The van der Waals surface area contributed by atoms with Crippen molar-refractivity contribution in [2.75, 3.05) is 13.1 Å². The SMILES string of the molecule is O=C(O)CN(CC1CC1)C1CC(NCc2cc(F)cc(F)c2)C1. The van der Waals surface area contributed by atoms with Crippen molar-refractivity contribution in [1.29, 1.82) is 0 Å². The number of carbonyl (C=O) groups is 1. The van der Waals surface area contributed by atoms with Crippen molar-refractivity contribution in [3.63, 3.8) is 0 Å². The zero-order valence-electron chi connectivity index (χ0n) is 13.0. The highest BCUT2D eigenvalue weighted by Crippen LogP contribution is 2.33. The fourth-order valence-corrected chi connectivity index (χ4v) is 3.18. The smallest absolute Gasteiger partial charge is 0.317 e. The van der Waals surface area contributed by atoms with E-state index in [9.17, 15) is 13.6 Å². The van der Waals surface area contributed by atoms with Crippen LogP contribution in [0.4, 0.5) is 8.78 Å². The van der Waals surface area contributed by atoms with Crippen LogP contribution < -0.4 is 5.32 Å². The van der Waals surface area contributed by atoms with Crippen molar-refractivity contribution < 1.29 is 18.7 Å². The second-order valence-electron chi connectivity index (χ2n) is 6.75. The van der Waals surface area contributed by atoms with Crippen molar-refractivity contribution >= 4 is 5.97 Å². The Morgan fingerprint density at radius 2 is 1.87 bits per heavy atom. The predicted octanol–water partition coefficient (Wildman–Crippen LogP) is 2.38. The van der Waals surface area contributed by atoms with E-state index in [1.54, 1.807) is 0 Å². The first-order valence-corrected chi connectivity index (χ1v) is 8.14. The molecule has 3 rings (SSSR count). The molecule has 0 spiro atoms. The number of benzene rings is 1. The van der Waals surface area contributed by atoms with Gasteiger partial charge in [-0.1, -0.05) is 0 Å². The highest BCUT2D eigenvalue weighted by atomic mass is 19.1. The molecule has 0 aliphatic heterocycles. The van der Waals surface area contributed by atoms with Crippen LogP contribution in [0.25, 0.3) is 0 Å². The Morgan fingerprint density at radius 3 is 2.43 bits per heavy atom. The predicted molar refractivity (Wildman–Crippen MR) is 81.9 cm³/mol. The number of carboxylic acids is 1. The fraction of sp³-hybridized carbons (Fsp3) is 0.588. The number of nitrogens with zero attached hydrogens (tertiary/aromatic N) is 1. The first-order chi connectivity index (χ1) is 11.0. The van der Waals surface area contributed by atoms with Crippen LogP contribution in [0.15, 0.2) is 18.2 Å². The number of carboxylic acid groups (broad SMARTS) is 1. The minimum Gasteiger partial charge on any atom is -0.480 e. The normalized spacial score (nSPS) is 23.8. The van der Waals surface area contributed by atoms with Crippen LogP contribution in [-0.4, -0.2) is 41.1 Å². The molecule has 2 N–H and O–H groups in total. The number of hydrogen-bond donors (Lipinski definition) is 2. The summed E-state index contributed by atoms with van der Waals surface area (Å²) in [7, 11) is 0. The van der Waals surface area contributed by atoms with Gasteiger partial charge in [0.2, 0.25) is 0 Å². The maximum atomic E-state index is 13.1. The van der Waals surface area contributed by atoms with Gasteiger partial charge < -0.3 is 10.4 Å². The largest absolute Gasteiger partial charge is 0.480 e. The van der Waals surface area contributed by atoms with Gasteiger partial charge in [-0.2, -0.15) is 0 Å². The van der Waals surface area contributed by atoms with Crippen LogP contribution in [0.3, 0.4) is 0 Å². The van der Waals surface area contributed by atoms with Gasteiger partial charge in [0, 0.05) is 31.2 Å². The van der Waals surface area contributed by atoms with Crippen molar-refractivity contribution in [3.8, 4) is 0 Å². The summed E-state index contributed by atoms with van der Waals surface area (Å²) in [5.41, 5.74) is 0.589. The summed E-state index contributed by atoms with van der Waals surface area (Å²) in [6, 6.07) is 4.10. The van der Waals surface area contributed by atoms with Crippen LogP contribution in [0.5, 0.6) is 0 Å². The highest BCUT2D eigenvalue weighted by Gasteiger charge is 2.36. The van der Waals surface area contributed by atoms with Crippen LogP contribution in [0.1, 0.15) is 31.2 Å². The third kappa shape index (κ3) is 4.72. The molecule has 0 aromatic heterocycles. The van der Waals surface area contributed by atoms with Crippen LogP contribution in [0, 0.1) is 17.6 Å². The monoisotopic (exact) mass is 324 g/mol. The first-order valence-electron chi connectivity index (χ1n) is 8.14. The van der Waals surface area contributed by atoms with E-state index in [0.717, 1.165) is 25.5 Å². The van der Waals surface area contributed by atoms with Gasteiger partial charge in [-0.25, -0.2) is 8.78 Å². The number of hydrogen-bond acceptors (Lipinski definition) is 3. The average Bonchev–Trinajstić information content (AvgIpc) is 3.18. The van der Waals surface area contributed by atoms with Gasteiger partial charge >= 0.3 is 5.97 Å². The molecule has 6 heteroatoms. The topological polar surface area (TPSA) is 52.6 Å². The molecule has 1 aromatic rings. The van der Waals surface area contributed by atoms with Crippen LogP contribution in [0.2, 0.25) is 0 Å². The Morgan fingerprint density at radius 1 is 1.22 bits per heavy atom. The summed E-state index contributed by atoms with van der Waals surface area (Å²) in [6.07, 6.45) is 4.18. The quantitative estimate of drug-likeness (QED) is 0.771. The highest BCUT2D eigenvalue weighted by molar-refractivity contribution is 5.69. The zero-order valence-corrected chi connectivity index (χ0v) is 13.0. The van der Waals surface area contributed by atoms with Gasteiger partial charge in [0.1, 0.15) is 11.6 Å². The fourth-order valence-electron chi connectivity index (χ4n) is 3.18. The molecule has 23 heavy (non-hydrogen) atoms. The Kier molecular flexibility index (Phi) is 4.92. The minimum atomic E-state index is -0.780. The lowest BCUT2D eigenvalue weighted by Gasteiger charge is -2.43. The lowest BCUT2D eigenvalue weighted by Crippen LogP contribution is -2.54. The molecule has 0 saturated heterocycles. The van der Waals surface area contributed by atoms with Crippen LogP contribution in [-0.2, 0) is 11.3 Å². The zero-order chi connectivity index (χ0) is 16.4. The van der Waals surface area contributed by atoms with Crippen LogP contribution >= 0.6 is 0 Å². The van der Waals surface area contributed by atoms with E-state index >= 15 is 0 Å². The molecule has 2 aliphatic rings. The Labute approximate surface area is 134 Å². The third-order valence-electron chi connectivity index (χ3n) is 4.67. The van der Waals surface area contributed by atoms with Gasteiger partial charge in [0.15, 0.2) is 0 Å². The lowest BCUT2D eigenvalue weighted by atomic mass is 9.85. The Balaban J connectivity index is 1.44. The molecule has 2 aliphatic carbocycles. The number of nitrogens with one attached hydrogen (secondary N) is 1. The summed E-state index contributed by atoms with van der Waals surface area (Å²) < 4.78 is 26.3. The molecular formula is C17H22F2N2O2. The number of rotatable bonds is 8. The molecule has 0 atom stereocenters. The average molecular weight is 324 g/mol. The summed E-state index contributed by atoms with van der Waals surface area (Å²) in [5.74, 6) is -1.25. The molecule has 0 radical (unpaired) electrons. The Hall–Kier alpha value is -1.53. The molecular weight excluding hydrogens is 302 g/mol. The Bertz CT molecular complexity index is 551. The van der Waals surface area contributed by atoms with E-state index in [2.05, 4.69) is 10.2 Å². The van der Waals surface area contributed by atoms with Gasteiger partial charge in [0.25, 0.3) is 0 Å². The number of halogens is 2. The van der Waals surface area contributed by atoms with E-state index in [0.29, 0.717) is 24.1 Å². The molecule has 2 fully saturated rings. The molecule has 0 heterocycles. The molecule has 0 amide bonds. The van der Waals surface area contributed by atoms with E-state index in [1.165, 1.54) is 25.0 Å². The van der Waals surface area contributed by atoms with Gasteiger partial charge in [0.05, 0.1) is 6.54 Å². The summed E-state index contributed by atoms with van der Waals surface area (Å²) in [6.45, 7) is 1.40. The van der Waals surface area contributed by atoms with E-state index in [1.807, 2.05) is 0 Å². The number of aliphatic carboxylic acids is 1. The van der Waals surface area contributed by atoms with Gasteiger partial charge in [-0.3, -0.25) is 9.69 Å². The molecule has 0 unspecified atom stereocenters. The standard InChI is InChI=1S/C17H22F2N2O2/c18-13-3-12(4-14(19)5-13)8-20-15-6-16(7-15)21(10-17(22)23)9-11-1-2-11/h3-5,11,15-16,20H,1-2,6-10H2,(H,22,23). The second kappa shape index (κ2) is 6.93. The van der Waals surface area contributed by atoms with E-state index < -0.39 is 17.6 Å². The molecule has 0 bridgehead atoms. The summed E-state index contributed by atoms with van der Waals surface area (Å²) in [4.78, 5) is 13.1. The van der Waals surface area contributed by atoms with Crippen molar-refractivity contribution in [2.45, 2.75) is 44.3 Å². The maximum Gasteiger partial charge on any atom is 0.317 e. The third-order valence-corrected chi connectivity index (χ3v) is 4.67. The maximum absolute atomic E-state index is 13.1. The van der Waals surface area contributed by atoms with Gasteiger partial charge in [-0.05, 0) is 49.3 Å². The summed E-state index contributed by atoms with van der Waals surface area (Å²) in [5, 5.41) is 12.3. The molecule has 126 valence electrons. The first kappa shape index (κ1) is 16.3. The summed E-state index contributed by atoms with van der Waals surface area (Å²) >= 11 is 0. The van der Waals surface area contributed by atoms with Crippen molar-refractivity contribution in [2.24, 2.45) is 5.92 Å². The van der Waals surface area contributed by atoms with Crippen molar-refractivity contribution in [1.82, 2.24) is 10.2 Å². The molecule has 4 nitrogen and oxygen atoms in total. The van der Waals surface area contributed by atoms with Crippen molar-refractivity contribution in [3.05, 3.63) is 35.4 Å². The molecule has 2 saturated carbocycles. The second-order valence-corrected chi connectivity index (χ2v) is 6.75. The minimum absolute atomic E-state index is 0.100. The molecule has 1 aromatic carbocycles. The van der Waals surface area contributed by atoms with E-state index in [-0.39, 0.29) is 12.6 Å². The van der Waals surface area contributed by atoms with E-state index in [4.69, 9.17) is 5.11 Å². The lowest BCUT2D eigenvalue weighted by molar-refractivity contribution is -0.139.